The monoisotopic (exact) mass is 330 g/mol. The van der Waals surface area contributed by atoms with Crippen molar-refractivity contribution in [2.75, 3.05) is 12.4 Å². The van der Waals surface area contributed by atoms with Crippen LogP contribution in [0.2, 0.25) is 0 Å². The van der Waals surface area contributed by atoms with Gasteiger partial charge in [0.25, 0.3) is 0 Å². The van der Waals surface area contributed by atoms with E-state index in [0.29, 0.717) is 13.2 Å². The molecule has 0 aliphatic heterocycles. The zero-order chi connectivity index (χ0) is 16.5. The number of hydrogen-bond donors (Lipinski definition) is 1. The Labute approximate surface area is 140 Å². The molecule has 0 aromatic heterocycles. The Morgan fingerprint density at radius 3 is 2.52 bits per heavy atom. The molecule has 0 radical (unpaired) electrons. The van der Waals surface area contributed by atoms with Crippen molar-refractivity contribution in [3.63, 3.8) is 0 Å². The number of aryl methyl sites for hydroxylation is 1. The van der Waals surface area contributed by atoms with E-state index < -0.39 is 16.9 Å². The maximum atomic E-state index is 12.1. The standard InChI is InChI=1S/C19H22O3S/c1-16-9-11-19(12-10-16)23(21)15-18(20)8-5-13-22-14-17-6-3-2-4-7-17/h2-12,18,20H,13-15H2,1H3/b8-5+/t18-,23?/m1/s1. The Morgan fingerprint density at radius 2 is 1.83 bits per heavy atom. The van der Waals surface area contributed by atoms with Gasteiger partial charge >= 0.3 is 0 Å². The van der Waals surface area contributed by atoms with Crippen molar-refractivity contribution in [3.05, 3.63) is 77.9 Å². The van der Waals surface area contributed by atoms with Gasteiger partial charge in [-0.25, -0.2) is 0 Å². The van der Waals surface area contributed by atoms with Gasteiger partial charge in [0.15, 0.2) is 0 Å². The molecule has 4 heteroatoms. The minimum atomic E-state index is -1.20. The molecule has 0 heterocycles. The smallest absolute Gasteiger partial charge is 0.0840 e. The molecule has 0 spiro atoms. The first kappa shape index (κ1) is 17.6. The lowest BCUT2D eigenvalue weighted by atomic mass is 10.2. The molecule has 0 saturated heterocycles. The van der Waals surface area contributed by atoms with Crippen LogP contribution in [0.25, 0.3) is 0 Å². The van der Waals surface area contributed by atoms with E-state index in [4.69, 9.17) is 4.74 Å². The highest BCUT2D eigenvalue weighted by atomic mass is 32.2. The van der Waals surface area contributed by atoms with Crippen molar-refractivity contribution in [2.24, 2.45) is 0 Å². The third-order valence-corrected chi connectivity index (χ3v) is 4.73. The lowest BCUT2D eigenvalue weighted by Crippen LogP contribution is -2.14. The van der Waals surface area contributed by atoms with Crippen molar-refractivity contribution in [3.8, 4) is 0 Å². The molecule has 0 amide bonds. The summed E-state index contributed by atoms with van der Waals surface area (Å²) in [4.78, 5) is 0.739. The van der Waals surface area contributed by atoms with Crippen LogP contribution in [0.3, 0.4) is 0 Å². The summed E-state index contributed by atoms with van der Waals surface area (Å²) in [6.07, 6.45) is 2.66. The van der Waals surface area contributed by atoms with Gasteiger partial charge in [-0.1, -0.05) is 60.2 Å². The summed E-state index contributed by atoms with van der Waals surface area (Å²) in [7, 11) is -1.20. The Kier molecular flexibility index (Phi) is 7.20. The molecule has 0 aliphatic rings. The van der Waals surface area contributed by atoms with Gasteiger partial charge in [-0.15, -0.1) is 0 Å². The summed E-state index contributed by atoms with van der Waals surface area (Å²) in [5.41, 5.74) is 2.24. The van der Waals surface area contributed by atoms with Crippen LogP contribution in [-0.2, 0) is 22.1 Å². The molecule has 0 aliphatic carbocycles. The summed E-state index contributed by atoms with van der Waals surface area (Å²) in [5, 5.41) is 9.92. The molecule has 3 nitrogen and oxygen atoms in total. The zero-order valence-corrected chi connectivity index (χ0v) is 14.0. The Balaban J connectivity index is 1.70. The largest absolute Gasteiger partial charge is 0.388 e. The second-order valence-electron chi connectivity index (χ2n) is 5.32. The van der Waals surface area contributed by atoms with Crippen molar-refractivity contribution in [1.29, 1.82) is 0 Å². The average molecular weight is 330 g/mol. The van der Waals surface area contributed by atoms with Crippen molar-refractivity contribution in [1.82, 2.24) is 0 Å². The molecule has 2 atom stereocenters. The lowest BCUT2D eigenvalue weighted by molar-refractivity contribution is 0.147. The third kappa shape index (κ3) is 6.48. The summed E-state index contributed by atoms with van der Waals surface area (Å²) in [6, 6.07) is 17.4. The number of ether oxygens (including phenoxy) is 1. The minimum absolute atomic E-state index is 0.193. The molecule has 0 saturated carbocycles. The van der Waals surface area contributed by atoms with Gasteiger partial charge in [0.2, 0.25) is 0 Å². The molecule has 1 N–H and O–H groups in total. The predicted molar refractivity (Wildman–Crippen MR) is 93.7 cm³/mol. The summed E-state index contributed by atoms with van der Waals surface area (Å²) < 4.78 is 17.6. The fourth-order valence-corrected chi connectivity index (χ4v) is 3.08. The first-order valence-corrected chi connectivity index (χ1v) is 8.88. The Hall–Kier alpha value is -1.75. The van der Waals surface area contributed by atoms with Gasteiger partial charge in [0.05, 0.1) is 35.9 Å². The Morgan fingerprint density at radius 1 is 1.13 bits per heavy atom. The van der Waals surface area contributed by atoms with Crippen LogP contribution in [-0.4, -0.2) is 27.8 Å². The maximum absolute atomic E-state index is 12.1. The molecule has 2 aromatic carbocycles. The lowest BCUT2D eigenvalue weighted by Gasteiger charge is -2.06. The second kappa shape index (κ2) is 9.40. The molecule has 0 bridgehead atoms. The van der Waals surface area contributed by atoms with Gasteiger partial charge < -0.3 is 9.84 Å². The van der Waals surface area contributed by atoms with Crippen LogP contribution in [0.15, 0.2) is 71.6 Å². The van der Waals surface area contributed by atoms with Gasteiger partial charge in [0, 0.05) is 4.90 Å². The average Bonchev–Trinajstić information content (AvgIpc) is 2.56. The van der Waals surface area contributed by atoms with Crippen molar-refractivity contribution < 1.29 is 14.1 Å². The van der Waals surface area contributed by atoms with Crippen LogP contribution < -0.4 is 0 Å². The first-order chi connectivity index (χ1) is 11.1. The Bertz CT molecular complexity index is 635. The predicted octanol–water partition coefficient (Wildman–Crippen LogP) is 3.24. The van der Waals surface area contributed by atoms with Crippen LogP contribution >= 0.6 is 0 Å². The van der Waals surface area contributed by atoms with Gasteiger partial charge in [-0.2, -0.15) is 0 Å². The highest BCUT2D eigenvalue weighted by Gasteiger charge is 2.08. The second-order valence-corrected chi connectivity index (χ2v) is 6.82. The van der Waals surface area contributed by atoms with Gasteiger partial charge in [-0.05, 0) is 24.6 Å². The number of rotatable bonds is 8. The molecule has 0 fully saturated rings. The minimum Gasteiger partial charge on any atom is -0.388 e. The topological polar surface area (TPSA) is 46.5 Å². The van der Waals surface area contributed by atoms with Crippen LogP contribution in [0, 0.1) is 6.92 Å². The van der Waals surface area contributed by atoms with E-state index in [0.717, 1.165) is 16.0 Å². The first-order valence-electron chi connectivity index (χ1n) is 7.56. The highest BCUT2D eigenvalue weighted by Crippen LogP contribution is 2.09. The molecule has 122 valence electrons. The quantitative estimate of drug-likeness (QED) is 0.597. The number of aliphatic hydroxyl groups is 1. The maximum Gasteiger partial charge on any atom is 0.0840 e. The van der Waals surface area contributed by atoms with Crippen molar-refractivity contribution >= 4 is 10.8 Å². The molecule has 1 unspecified atom stereocenters. The molecular weight excluding hydrogens is 308 g/mol. The van der Waals surface area contributed by atoms with E-state index in [2.05, 4.69) is 0 Å². The summed E-state index contributed by atoms with van der Waals surface area (Å²) >= 11 is 0. The summed E-state index contributed by atoms with van der Waals surface area (Å²) in [5.74, 6) is 0.193. The van der Waals surface area contributed by atoms with E-state index in [-0.39, 0.29) is 5.75 Å². The molecule has 23 heavy (non-hydrogen) atoms. The van der Waals surface area contributed by atoms with Gasteiger partial charge in [0.1, 0.15) is 0 Å². The number of aliphatic hydroxyl groups excluding tert-OH is 1. The SMILES string of the molecule is Cc1ccc(S(=O)C[C@H](O)/C=C/COCc2ccccc2)cc1. The highest BCUT2D eigenvalue weighted by molar-refractivity contribution is 7.85. The van der Waals surface area contributed by atoms with E-state index in [1.807, 2.05) is 61.5 Å². The van der Waals surface area contributed by atoms with E-state index in [1.54, 1.807) is 12.2 Å². The molecule has 2 aromatic rings. The summed E-state index contributed by atoms with van der Waals surface area (Å²) in [6.45, 7) is 2.94. The fourth-order valence-electron chi connectivity index (χ4n) is 2.03. The van der Waals surface area contributed by atoms with E-state index in [1.165, 1.54) is 0 Å². The normalized spacial score (nSPS) is 14.0. The fraction of sp³-hybridized carbons (Fsp3) is 0.263. The van der Waals surface area contributed by atoms with Crippen LogP contribution in [0.4, 0.5) is 0 Å². The van der Waals surface area contributed by atoms with E-state index in [9.17, 15) is 9.32 Å². The number of benzene rings is 2. The number of hydrogen-bond acceptors (Lipinski definition) is 3. The van der Waals surface area contributed by atoms with Crippen LogP contribution in [0.5, 0.6) is 0 Å². The molecule has 2 rings (SSSR count). The van der Waals surface area contributed by atoms with Gasteiger partial charge in [-0.3, -0.25) is 4.21 Å². The van der Waals surface area contributed by atoms with E-state index >= 15 is 0 Å². The molecular formula is C19H22O3S. The third-order valence-electron chi connectivity index (χ3n) is 3.29. The van der Waals surface area contributed by atoms with Crippen LogP contribution in [0.1, 0.15) is 11.1 Å². The zero-order valence-electron chi connectivity index (χ0n) is 13.2. The van der Waals surface area contributed by atoms with Crippen molar-refractivity contribution in [2.45, 2.75) is 24.5 Å².